The Hall–Kier alpha value is -0.790. The van der Waals surface area contributed by atoms with Crippen molar-refractivity contribution in [3.05, 3.63) is 41.4 Å². The van der Waals surface area contributed by atoms with Crippen LogP contribution in [-0.4, -0.2) is 44.9 Å². The predicted octanol–water partition coefficient (Wildman–Crippen LogP) is 0.155. The zero-order valence-electron chi connectivity index (χ0n) is 11.9. The maximum atomic E-state index is 11.5. The van der Waals surface area contributed by atoms with Gasteiger partial charge in [0.1, 0.15) is 6.61 Å². The first-order chi connectivity index (χ1) is 8.87. The number of hydrogen-bond donors (Lipinski definition) is 1. The Morgan fingerprint density at radius 3 is 2.40 bits per heavy atom. The average molecular weight is 411 g/mol. The van der Waals surface area contributed by atoms with Crippen LogP contribution >= 0.6 is 11.6 Å². The number of quaternary nitrogens is 1. The molecule has 0 atom stereocenters. The fourth-order valence-corrected chi connectivity index (χ4v) is 1.40. The molecule has 0 spiro atoms. The van der Waals surface area contributed by atoms with Crippen molar-refractivity contribution in [1.29, 1.82) is 0 Å². The third-order valence-corrected chi connectivity index (χ3v) is 2.47. The molecular formula is C14H20ClIN2O2. The lowest BCUT2D eigenvalue weighted by Gasteiger charge is -2.21. The molecule has 0 saturated carbocycles. The molecule has 0 heterocycles. The molecule has 1 rings (SSSR count). The molecule has 1 aromatic rings. The molecule has 1 aromatic carbocycles. The highest BCUT2D eigenvalue weighted by Crippen LogP contribution is 2.13. The number of anilines is 1. The van der Waals surface area contributed by atoms with Gasteiger partial charge in [-0.2, -0.15) is 0 Å². The molecule has 0 aliphatic heterocycles. The summed E-state index contributed by atoms with van der Waals surface area (Å²) >= 11 is 5.75. The van der Waals surface area contributed by atoms with Crippen molar-refractivity contribution >= 4 is 23.4 Å². The predicted molar refractivity (Wildman–Crippen MR) is 78.5 cm³/mol. The summed E-state index contributed by atoms with van der Waals surface area (Å²) in [7, 11) is 6.29. The van der Waals surface area contributed by atoms with E-state index in [2.05, 4.69) is 26.5 Å². The Balaban J connectivity index is 0.00000361. The van der Waals surface area contributed by atoms with Gasteiger partial charge in [-0.15, -0.1) is 0 Å². The lowest BCUT2D eigenvalue weighted by atomic mass is 10.3. The second-order valence-corrected chi connectivity index (χ2v) is 5.61. The van der Waals surface area contributed by atoms with Crippen LogP contribution in [0.3, 0.4) is 0 Å². The molecule has 112 valence electrons. The number of rotatable bonds is 5. The van der Waals surface area contributed by atoms with Crippen molar-refractivity contribution in [2.24, 2.45) is 0 Å². The van der Waals surface area contributed by atoms with Crippen LogP contribution < -0.4 is 29.3 Å². The number of benzene rings is 1. The summed E-state index contributed by atoms with van der Waals surface area (Å²) in [6, 6.07) is 6.85. The smallest absolute Gasteiger partial charge is 0.411 e. The molecule has 0 fully saturated rings. The van der Waals surface area contributed by atoms with Crippen molar-refractivity contribution in [3.63, 3.8) is 0 Å². The first-order valence-corrected chi connectivity index (χ1v) is 6.39. The summed E-state index contributed by atoms with van der Waals surface area (Å²) in [5, 5.41) is 3.25. The Labute approximate surface area is 142 Å². The fraction of sp³-hybridized carbons (Fsp3) is 0.357. The topological polar surface area (TPSA) is 38.3 Å². The molecule has 0 aromatic heterocycles. The second kappa shape index (κ2) is 9.20. The van der Waals surface area contributed by atoms with E-state index in [0.29, 0.717) is 10.7 Å². The average Bonchev–Trinajstić information content (AvgIpc) is 2.30. The number of carbonyl (C=O) groups is 1. The standard InChI is InChI=1S/C14H19ClN2O2.HI/c1-17(2,3)10-4-5-11-19-14(18)16-13-8-6-12(15)7-9-13;/h4-9H,10-11H2,1-3H3;1H/b5-4+;. The minimum Gasteiger partial charge on any atom is -1.00 e. The summed E-state index contributed by atoms with van der Waals surface area (Å²) in [5.41, 5.74) is 0.657. The highest BCUT2D eigenvalue weighted by molar-refractivity contribution is 6.30. The van der Waals surface area contributed by atoms with Crippen LogP contribution in [0.4, 0.5) is 10.5 Å². The van der Waals surface area contributed by atoms with Crippen molar-refractivity contribution in [2.75, 3.05) is 39.6 Å². The molecule has 0 aliphatic rings. The number of nitrogens with one attached hydrogen (secondary N) is 1. The maximum Gasteiger partial charge on any atom is 0.411 e. The first-order valence-electron chi connectivity index (χ1n) is 6.01. The Morgan fingerprint density at radius 2 is 1.85 bits per heavy atom. The van der Waals surface area contributed by atoms with Crippen LogP contribution in [0.25, 0.3) is 0 Å². The largest absolute Gasteiger partial charge is 1.00 e. The van der Waals surface area contributed by atoms with E-state index in [9.17, 15) is 4.79 Å². The van der Waals surface area contributed by atoms with Gasteiger partial charge in [0, 0.05) is 10.7 Å². The number of ether oxygens (including phenoxy) is 1. The van der Waals surface area contributed by atoms with Gasteiger partial charge in [-0.1, -0.05) is 11.6 Å². The van der Waals surface area contributed by atoms with Crippen LogP contribution in [0.15, 0.2) is 36.4 Å². The number of nitrogens with zero attached hydrogens (tertiary/aromatic N) is 1. The monoisotopic (exact) mass is 410 g/mol. The summed E-state index contributed by atoms with van der Waals surface area (Å²) in [5.74, 6) is 0. The molecular weight excluding hydrogens is 391 g/mol. The second-order valence-electron chi connectivity index (χ2n) is 5.17. The minimum atomic E-state index is -0.475. The van der Waals surface area contributed by atoms with Gasteiger partial charge in [0.2, 0.25) is 0 Å². The lowest BCUT2D eigenvalue weighted by Crippen LogP contribution is -3.00. The Kier molecular flexibility index (Phi) is 8.84. The van der Waals surface area contributed by atoms with Gasteiger partial charge in [-0.3, -0.25) is 5.32 Å². The third kappa shape index (κ3) is 9.17. The molecule has 0 radical (unpaired) electrons. The number of likely N-dealkylation sites (N-methyl/N-ethyl adjacent to an activating group) is 1. The lowest BCUT2D eigenvalue weighted by molar-refractivity contribution is -0.864. The fourth-order valence-electron chi connectivity index (χ4n) is 1.27. The van der Waals surface area contributed by atoms with Gasteiger partial charge in [-0.05, 0) is 36.4 Å². The molecule has 4 nitrogen and oxygen atoms in total. The SMILES string of the molecule is C[N+](C)(C)C/C=C/COC(=O)Nc1ccc(Cl)cc1.[I-]. The molecule has 6 heteroatoms. The normalized spacial score (nSPS) is 11.0. The molecule has 0 saturated heterocycles. The van der Waals surface area contributed by atoms with E-state index in [1.54, 1.807) is 24.3 Å². The minimum absolute atomic E-state index is 0. The van der Waals surface area contributed by atoms with Gasteiger partial charge in [0.15, 0.2) is 0 Å². The number of halogens is 2. The quantitative estimate of drug-likeness (QED) is 0.427. The Bertz CT molecular complexity index is 441. The van der Waals surface area contributed by atoms with Gasteiger partial charge in [-0.25, -0.2) is 4.79 Å². The van der Waals surface area contributed by atoms with E-state index >= 15 is 0 Å². The maximum absolute atomic E-state index is 11.5. The molecule has 1 N–H and O–H groups in total. The summed E-state index contributed by atoms with van der Waals surface area (Å²) in [6.07, 6.45) is 3.36. The van der Waals surface area contributed by atoms with Gasteiger partial charge in [0.05, 0.1) is 27.7 Å². The summed E-state index contributed by atoms with van der Waals surface area (Å²) in [6.45, 7) is 1.15. The molecule has 1 amide bonds. The van der Waals surface area contributed by atoms with Crippen LogP contribution in [0, 0.1) is 0 Å². The van der Waals surface area contributed by atoms with E-state index < -0.39 is 6.09 Å². The van der Waals surface area contributed by atoms with E-state index in [0.717, 1.165) is 11.0 Å². The van der Waals surface area contributed by atoms with Gasteiger partial charge in [0.25, 0.3) is 0 Å². The van der Waals surface area contributed by atoms with Crippen LogP contribution in [-0.2, 0) is 4.74 Å². The van der Waals surface area contributed by atoms with E-state index in [1.165, 1.54) is 0 Å². The molecule has 0 bridgehead atoms. The van der Waals surface area contributed by atoms with Crippen LogP contribution in [0.5, 0.6) is 0 Å². The number of carbonyl (C=O) groups excluding carboxylic acids is 1. The van der Waals surface area contributed by atoms with Crippen LogP contribution in [0.2, 0.25) is 5.02 Å². The van der Waals surface area contributed by atoms with Crippen molar-refractivity contribution < 1.29 is 38.0 Å². The summed E-state index contributed by atoms with van der Waals surface area (Å²) in [4.78, 5) is 11.5. The van der Waals surface area contributed by atoms with E-state index in [-0.39, 0.29) is 30.6 Å². The first kappa shape index (κ1) is 19.2. The highest BCUT2D eigenvalue weighted by Gasteiger charge is 2.03. The van der Waals surface area contributed by atoms with E-state index in [1.807, 2.05) is 12.2 Å². The summed E-state index contributed by atoms with van der Waals surface area (Å²) < 4.78 is 5.85. The number of hydrogen-bond acceptors (Lipinski definition) is 2. The van der Waals surface area contributed by atoms with Crippen molar-refractivity contribution in [2.45, 2.75) is 0 Å². The third-order valence-electron chi connectivity index (χ3n) is 2.22. The van der Waals surface area contributed by atoms with Crippen molar-refractivity contribution in [3.8, 4) is 0 Å². The highest BCUT2D eigenvalue weighted by atomic mass is 127. The number of amides is 1. The van der Waals surface area contributed by atoms with Crippen LogP contribution in [0.1, 0.15) is 0 Å². The van der Waals surface area contributed by atoms with E-state index in [4.69, 9.17) is 16.3 Å². The Morgan fingerprint density at radius 1 is 1.25 bits per heavy atom. The molecule has 20 heavy (non-hydrogen) atoms. The zero-order chi connectivity index (χ0) is 14.3. The zero-order valence-corrected chi connectivity index (χ0v) is 14.8. The van der Waals surface area contributed by atoms with Gasteiger partial charge < -0.3 is 33.2 Å². The molecule has 0 unspecified atom stereocenters. The van der Waals surface area contributed by atoms with Crippen molar-refractivity contribution in [1.82, 2.24) is 0 Å². The molecule has 0 aliphatic carbocycles. The van der Waals surface area contributed by atoms with Gasteiger partial charge >= 0.3 is 6.09 Å².